The molecule has 0 amide bonds. The molecule has 0 fully saturated rings. The van der Waals surface area contributed by atoms with Crippen molar-refractivity contribution in [3.63, 3.8) is 0 Å². The molecule has 20 heavy (non-hydrogen) atoms. The summed E-state index contributed by atoms with van der Waals surface area (Å²) in [7, 11) is -2.01. The highest BCUT2D eigenvalue weighted by Crippen LogP contribution is 2.18. The second kappa shape index (κ2) is 6.21. The first-order valence-corrected chi connectivity index (χ1v) is 7.76. The number of benzene rings is 1. The zero-order valence-electron chi connectivity index (χ0n) is 10.8. The minimum atomic E-state index is -3.63. The number of hydrogen-bond acceptors (Lipinski definition) is 4. The van der Waals surface area contributed by atoms with Crippen LogP contribution in [-0.4, -0.2) is 20.4 Å². The average molecular weight is 312 g/mol. The average Bonchev–Trinajstić information content (AvgIpc) is 2.45. The van der Waals surface area contributed by atoms with E-state index in [0.717, 1.165) is 5.56 Å². The number of sulfonamides is 1. The highest BCUT2D eigenvalue weighted by atomic mass is 35.5. The van der Waals surface area contributed by atoms with E-state index >= 15 is 0 Å². The quantitative estimate of drug-likeness (QED) is 0.888. The maximum atomic E-state index is 12.2. The van der Waals surface area contributed by atoms with E-state index in [9.17, 15) is 8.42 Å². The summed E-state index contributed by atoms with van der Waals surface area (Å²) in [5, 5.41) is 3.33. The smallest absolute Gasteiger partial charge is 0.244 e. The summed E-state index contributed by atoms with van der Waals surface area (Å²) in [5.74, 6) is 0.311. The van der Waals surface area contributed by atoms with E-state index in [0.29, 0.717) is 10.8 Å². The number of pyridine rings is 1. The standard InChI is InChI=1S/C13H14ClN3O2S/c1-15-13-12(6-3-7-16-13)20(18,19)17-9-10-4-2-5-11(14)8-10/h2-8,17H,9H2,1H3,(H,15,16). The number of rotatable bonds is 5. The zero-order chi connectivity index (χ0) is 14.6. The van der Waals surface area contributed by atoms with E-state index in [1.807, 2.05) is 0 Å². The Hall–Kier alpha value is -1.63. The molecular weight excluding hydrogens is 298 g/mol. The molecular formula is C13H14ClN3O2S. The lowest BCUT2D eigenvalue weighted by Crippen LogP contribution is -2.24. The molecule has 0 spiro atoms. The van der Waals surface area contributed by atoms with Gasteiger partial charge in [0.2, 0.25) is 10.0 Å². The van der Waals surface area contributed by atoms with Crippen LogP contribution in [-0.2, 0) is 16.6 Å². The van der Waals surface area contributed by atoms with E-state index < -0.39 is 10.0 Å². The summed E-state index contributed by atoms with van der Waals surface area (Å²) in [6, 6.07) is 10.1. The third kappa shape index (κ3) is 3.47. The van der Waals surface area contributed by atoms with Gasteiger partial charge in [-0.15, -0.1) is 0 Å². The van der Waals surface area contributed by atoms with Gasteiger partial charge < -0.3 is 5.32 Å². The van der Waals surface area contributed by atoms with Crippen LogP contribution < -0.4 is 10.0 Å². The van der Waals surface area contributed by atoms with Crippen molar-refractivity contribution in [1.82, 2.24) is 9.71 Å². The molecule has 7 heteroatoms. The SMILES string of the molecule is CNc1ncccc1S(=O)(=O)NCc1cccc(Cl)c1. The fourth-order valence-electron chi connectivity index (χ4n) is 1.70. The van der Waals surface area contributed by atoms with E-state index in [4.69, 9.17) is 11.6 Å². The van der Waals surface area contributed by atoms with Crippen LogP contribution in [0, 0.1) is 0 Å². The molecule has 0 unspecified atom stereocenters. The molecule has 1 aromatic carbocycles. The summed E-state index contributed by atoms with van der Waals surface area (Å²) in [4.78, 5) is 4.10. The van der Waals surface area contributed by atoms with Crippen molar-refractivity contribution in [3.8, 4) is 0 Å². The van der Waals surface area contributed by atoms with Crippen LogP contribution >= 0.6 is 11.6 Å². The maximum Gasteiger partial charge on any atom is 0.244 e. The maximum absolute atomic E-state index is 12.2. The number of hydrogen-bond donors (Lipinski definition) is 2. The number of nitrogens with zero attached hydrogens (tertiary/aromatic N) is 1. The molecule has 2 rings (SSSR count). The topological polar surface area (TPSA) is 71.1 Å². The van der Waals surface area contributed by atoms with E-state index in [1.165, 1.54) is 12.3 Å². The van der Waals surface area contributed by atoms with Gasteiger partial charge in [0.05, 0.1) is 0 Å². The van der Waals surface area contributed by atoms with Crippen LogP contribution in [0.4, 0.5) is 5.82 Å². The van der Waals surface area contributed by atoms with Gasteiger partial charge in [-0.3, -0.25) is 0 Å². The number of aromatic nitrogens is 1. The number of nitrogens with one attached hydrogen (secondary N) is 2. The van der Waals surface area contributed by atoms with Gasteiger partial charge in [0, 0.05) is 24.8 Å². The van der Waals surface area contributed by atoms with Crippen molar-refractivity contribution >= 4 is 27.4 Å². The van der Waals surface area contributed by atoms with Crippen molar-refractivity contribution < 1.29 is 8.42 Å². The lowest BCUT2D eigenvalue weighted by Gasteiger charge is -2.10. The largest absolute Gasteiger partial charge is 0.372 e. The van der Waals surface area contributed by atoms with Gasteiger partial charge in [0.15, 0.2) is 0 Å². The summed E-state index contributed by atoms with van der Waals surface area (Å²) in [6.45, 7) is 0.168. The Balaban J connectivity index is 2.19. The summed E-state index contributed by atoms with van der Waals surface area (Å²) in [6.07, 6.45) is 1.53. The van der Waals surface area contributed by atoms with Gasteiger partial charge in [-0.1, -0.05) is 23.7 Å². The van der Waals surface area contributed by atoms with Gasteiger partial charge in [0.25, 0.3) is 0 Å². The molecule has 0 aliphatic carbocycles. The third-order valence-electron chi connectivity index (χ3n) is 2.65. The molecule has 1 heterocycles. The molecule has 0 aliphatic heterocycles. The highest BCUT2D eigenvalue weighted by Gasteiger charge is 2.18. The molecule has 2 aromatic rings. The third-order valence-corrected chi connectivity index (χ3v) is 4.32. The van der Waals surface area contributed by atoms with Crippen LogP contribution in [0.15, 0.2) is 47.5 Å². The molecule has 1 aromatic heterocycles. The van der Waals surface area contributed by atoms with Gasteiger partial charge >= 0.3 is 0 Å². The molecule has 2 N–H and O–H groups in total. The van der Waals surface area contributed by atoms with E-state index in [-0.39, 0.29) is 11.4 Å². The van der Waals surface area contributed by atoms with Crippen molar-refractivity contribution in [3.05, 3.63) is 53.2 Å². The Morgan fingerprint density at radius 2 is 2.05 bits per heavy atom. The lowest BCUT2D eigenvalue weighted by molar-refractivity contribution is 0.581. The highest BCUT2D eigenvalue weighted by molar-refractivity contribution is 7.89. The fraction of sp³-hybridized carbons (Fsp3) is 0.154. The lowest BCUT2D eigenvalue weighted by atomic mass is 10.2. The Bertz CT molecular complexity index is 704. The minimum absolute atomic E-state index is 0.115. The Morgan fingerprint density at radius 3 is 2.75 bits per heavy atom. The summed E-state index contributed by atoms with van der Waals surface area (Å²) in [5.41, 5.74) is 0.788. The monoisotopic (exact) mass is 311 g/mol. The Kier molecular flexibility index (Phi) is 4.59. The molecule has 0 atom stereocenters. The van der Waals surface area contributed by atoms with Gasteiger partial charge in [-0.2, -0.15) is 0 Å². The predicted octanol–water partition coefficient (Wildman–Crippen LogP) is 2.26. The zero-order valence-corrected chi connectivity index (χ0v) is 12.4. The van der Waals surface area contributed by atoms with Crippen LogP contribution in [0.3, 0.4) is 0 Å². The van der Waals surface area contributed by atoms with Gasteiger partial charge in [-0.25, -0.2) is 18.1 Å². The second-order valence-corrected chi connectivity index (χ2v) is 6.23. The Morgan fingerprint density at radius 1 is 1.25 bits per heavy atom. The Labute approximate surface area is 123 Å². The fourth-order valence-corrected chi connectivity index (χ4v) is 3.09. The molecule has 0 radical (unpaired) electrons. The summed E-state index contributed by atoms with van der Waals surface area (Å²) >= 11 is 5.86. The van der Waals surface area contributed by atoms with Crippen molar-refractivity contribution in [2.45, 2.75) is 11.4 Å². The molecule has 0 bridgehead atoms. The van der Waals surface area contributed by atoms with E-state index in [1.54, 1.807) is 37.4 Å². The van der Waals surface area contributed by atoms with Crippen LogP contribution in [0.1, 0.15) is 5.56 Å². The van der Waals surface area contributed by atoms with Crippen molar-refractivity contribution in [2.24, 2.45) is 0 Å². The van der Waals surface area contributed by atoms with E-state index in [2.05, 4.69) is 15.0 Å². The first-order chi connectivity index (χ1) is 9.53. The van der Waals surface area contributed by atoms with Crippen LogP contribution in [0.25, 0.3) is 0 Å². The van der Waals surface area contributed by atoms with Crippen LogP contribution in [0.2, 0.25) is 5.02 Å². The van der Waals surface area contributed by atoms with Gasteiger partial charge in [-0.05, 0) is 29.8 Å². The molecule has 5 nitrogen and oxygen atoms in total. The predicted molar refractivity (Wildman–Crippen MR) is 79.3 cm³/mol. The molecule has 0 saturated carbocycles. The number of halogens is 1. The first kappa shape index (κ1) is 14.8. The van der Waals surface area contributed by atoms with Crippen molar-refractivity contribution in [1.29, 1.82) is 0 Å². The molecule has 0 aliphatic rings. The first-order valence-electron chi connectivity index (χ1n) is 5.90. The van der Waals surface area contributed by atoms with Gasteiger partial charge in [0.1, 0.15) is 10.7 Å². The number of anilines is 1. The normalized spacial score (nSPS) is 11.3. The van der Waals surface area contributed by atoms with Crippen molar-refractivity contribution in [2.75, 3.05) is 12.4 Å². The minimum Gasteiger partial charge on any atom is -0.372 e. The summed E-state index contributed by atoms with van der Waals surface area (Å²) < 4.78 is 27.0. The molecule has 0 saturated heterocycles. The molecule has 106 valence electrons. The second-order valence-electron chi connectivity index (χ2n) is 4.05. The van der Waals surface area contributed by atoms with Crippen LogP contribution in [0.5, 0.6) is 0 Å².